The maximum absolute atomic E-state index is 14.9. The highest BCUT2D eigenvalue weighted by Gasteiger charge is 2.37. The minimum absolute atomic E-state index is 0.0440. The van der Waals surface area contributed by atoms with Crippen LogP contribution in [0.2, 0.25) is 0 Å². The summed E-state index contributed by atoms with van der Waals surface area (Å²) < 4.78 is 41.4. The summed E-state index contributed by atoms with van der Waals surface area (Å²) in [5.74, 6) is 3.62. The highest BCUT2D eigenvalue weighted by atomic mass is 19.2. The van der Waals surface area contributed by atoms with Crippen LogP contribution in [-0.4, -0.2) is 19.3 Å². The third-order valence-electron chi connectivity index (χ3n) is 11.6. The molecule has 1 aromatic carbocycles. The summed E-state index contributed by atoms with van der Waals surface area (Å²) in [6.07, 6.45) is 26.5. The second kappa shape index (κ2) is 15.3. The van der Waals surface area contributed by atoms with Gasteiger partial charge in [-0.1, -0.05) is 38.0 Å². The molecule has 0 radical (unpaired) electrons. The van der Waals surface area contributed by atoms with E-state index in [1.165, 1.54) is 77.0 Å². The van der Waals surface area contributed by atoms with Gasteiger partial charge in [-0.3, -0.25) is 0 Å². The second-order valence-corrected chi connectivity index (χ2v) is 14.1. The molecule has 0 amide bonds. The number of allylic oxidation sites excluding steroid dienone is 2. The lowest BCUT2D eigenvalue weighted by Gasteiger charge is -2.43. The molecule has 4 heteroatoms. The van der Waals surface area contributed by atoms with E-state index >= 15 is 0 Å². The Hall–Kier alpha value is -1.42. The van der Waals surface area contributed by atoms with E-state index in [1.807, 2.05) is 6.92 Å². The fourth-order valence-electron chi connectivity index (χ4n) is 9.06. The average molecular weight is 571 g/mol. The predicted molar refractivity (Wildman–Crippen MR) is 164 cm³/mol. The largest absolute Gasteiger partial charge is 0.490 e. The molecular formula is C37H56F2O2. The Morgan fingerprint density at radius 3 is 2.00 bits per heavy atom. The number of rotatable bonds is 10. The Morgan fingerprint density at radius 2 is 1.37 bits per heavy atom. The van der Waals surface area contributed by atoms with Crippen molar-refractivity contribution in [3.63, 3.8) is 0 Å². The van der Waals surface area contributed by atoms with Crippen LogP contribution < -0.4 is 4.74 Å². The molecule has 0 bridgehead atoms. The van der Waals surface area contributed by atoms with E-state index in [-0.39, 0.29) is 11.7 Å². The molecule has 41 heavy (non-hydrogen) atoms. The summed E-state index contributed by atoms with van der Waals surface area (Å²) in [6, 6.07) is 3.38. The first-order chi connectivity index (χ1) is 20.1. The number of ether oxygens (including phenoxy) is 2. The van der Waals surface area contributed by atoms with Gasteiger partial charge in [-0.25, -0.2) is 4.39 Å². The lowest BCUT2D eigenvalue weighted by molar-refractivity contribution is -0.0750. The fraction of sp³-hybridized carbons (Fsp3) is 0.784. The lowest BCUT2D eigenvalue weighted by atomic mass is 9.67. The van der Waals surface area contributed by atoms with Gasteiger partial charge >= 0.3 is 0 Å². The van der Waals surface area contributed by atoms with Gasteiger partial charge in [-0.05, 0) is 156 Å². The molecule has 0 aromatic heterocycles. The zero-order chi connectivity index (χ0) is 28.6. The number of halogens is 2. The van der Waals surface area contributed by atoms with Crippen molar-refractivity contribution in [2.45, 2.75) is 135 Å². The molecule has 1 heterocycles. The van der Waals surface area contributed by atoms with E-state index in [1.54, 1.807) is 12.1 Å². The third-order valence-corrected chi connectivity index (χ3v) is 11.6. The van der Waals surface area contributed by atoms with Gasteiger partial charge in [0.2, 0.25) is 5.82 Å². The Labute approximate surface area is 249 Å². The van der Waals surface area contributed by atoms with E-state index in [4.69, 9.17) is 9.47 Å². The van der Waals surface area contributed by atoms with Crippen molar-refractivity contribution in [1.29, 1.82) is 0 Å². The summed E-state index contributed by atoms with van der Waals surface area (Å²) in [4.78, 5) is 0. The Balaban J connectivity index is 1.00. The molecule has 2 unspecified atom stereocenters. The van der Waals surface area contributed by atoms with Crippen LogP contribution in [0.25, 0.3) is 0 Å². The smallest absolute Gasteiger partial charge is 0.200 e. The summed E-state index contributed by atoms with van der Waals surface area (Å²) in [5, 5.41) is 0. The lowest BCUT2D eigenvalue weighted by Crippen LogP contribution is -2.37. The molecule has 5 rings (SSSR count). The Morgan fingerprint density at radius 1 is 0.756 bits per heavy atom. The van der Waals surface area contributed by atoms with E-state index in [0.29, 0.717) is 30.1 Å². The van der Waals surface area contributed by atoms with Crippen LogP contribution in [0.5, 0.6) is 5.75 Å². The minimum Gasteiger partial charge on any atom is -0.490 e. The summed E-state index contributed by atoms with van der Waals surface area (Å²) in [5.41, 5.74) is 0.540. The second-order valence-electron chi connectivity index (χ2n) is 14.1. The van der Waals surface area contributed by atoms with Crippen LogP contribution in [0.1, 0.15) is 134 Å². The predicted octanol–water partition coefficient (Wildman–Crippen LogP) is 10.8. The van der Waals surface area contributed by atoms with Gasteiger partial charge < -0.3 is 9.47 Å². The van der Waals surface area contributed by atoms with Crippen molar-refractivity contribution >= 4 is 0 Å². The monoisotopic (exact) mass is 570 g/mol. The normalized spacial score (nSPS) is 35.0. The van der Waals surface area contributed by atoms with Crippen molar-refractivity contribution in [2.75, 3.05) is 13.2 Å². The zero-order valence-corrected chi connectivity index (χ0v) is 25.9. The van der Waals surface area contributed by atoms with Gasteiger partial charge in [0.05, 0.1) is 19.3 Å². The molecule has 0 spiro atoms. The average Bonchev–Trinajstić information content (AvgIpc) is 3.03. The van der Waals surface area contributed by atoms with Crippen molar-refractivity contribution in [1.82, 2.24) is 0 Å². The van der Waals surface area contributed by atoms with Crippen LogP contribution in [0.4, 0.5) is 8.78 Å². The number of benzene rings is 1. The van der Waals surface area contributed by atoms with Crippen LogP contribution in [0.15, 0.2) is 24.3 Å². The van der Waals surface area contributed by atoms with E-state index in [0.717, 1.165) is 62.4 Å². The number of hydrogen-bond donors (Lipinski definition) is 0. The first kappa shape index (κ1) is 31.0. The quantitative estimate of drug-likeness (QED) is 0.261. The fourth-order valence-corrected chi connectivity index (χ4v) is 9.06. The van der Waals surface area contributed by atoms with Gasteiger partial charge in [-0.15, -0.1) is 0 Å². The summed E-state index contributed by atoms with van der Waals surface area (Å²) >= 11 is 0. The van der Waals surface area contributed by atoms with Gasteiger partial charge in [-0.2, -0.15) is 4.39 Å². The maximum atomic E-state index is 14.9. The molecule has 4 fully saturated rings. The molecule has 2 nitrogen and oxygen atoms in total. The van der Waals surface area contributed by atoms with Gasteiger partial charge in [0.15, 0.2) is 11.6 Å². The molecule has 2 atom stereocenters. The Bertz CT molecular complexity index is 944. The zero-order valence-electron chi connectivity index (χ0n) is 25.9. The van der Waals surface area contributed by atoms with Gasteiger partial charge in [0.25, 0.3) is 0 Å². The van der Waals surface area contributed by atoms with Crippen molar-refractivity contribution in [3.05, 3.63) is 41.5 Å². The van der Waals surface area contributed by atoms with Gasteiger partial charge in [0, 0.05) is 0 Å². The molecular weight excluding hydrogens is 514 g/mol. The molecule has 1 aromatic rings. The highest BCUT2D eigenvalue weighted by Crippen LogP contribution is 2.46. The number of hydrogen-bond acceptors (Lipinski definition) is 2. The molecule has 3 saturated carbocycles. The molecule has 4 aliphatic rings. The van der Waals surface area contributed by atoms with Crippen molar-refractivity contribution in [3.8, 4) is 5.75 Å². The maximum Gasteiger partial charge on any atom is 0.200 e. The standard InChI is InChI=1S/C37H56F2O2/c1-3-5-6-7-26-8-10-27(11-9-26)28-14-18-31(19-15-28)34-22-20-32(25-41-34)29-12-16-30(17-13-29)33-21-23-35(40-24-4-2)37(39)36(33)38/h3,5,21,23,26-32,34H,4,6-20,22,24-25H2,1-2H3. The topological polar surface area (TPSA) is 18.5 Å². The third kappa shape index (κ3) is 7.95. The van der Waals surface area contributed by atoms with Crippen molar-refractivity contribution < 1.29 is 18.3 Å². The summed E-state index contributed by atoms with van der Waals surface area (Å²) in [6.45, 7) is 5.41. The minimum atomic E-state index is -0.818. The van der Waals surface area contributed by atoms with E-state index < -0.39 is 11.6 Å². The molecule has 3 aliphatic carbocycles. The van der Waals surface area contributed by atoms with Crippen LogP contribution in [-0.2, 0) is 4.74 Å². The van der Waals surface area contributed by atoms with Crippen molar-refractivity contribution in [2.24, 2.45) is 35.5 Å². The molecule has 1 aliphatic heterocycles. The first-order valence-electron chi connectivity index (χ1n) is 17.4. The first-order valence-corrected chi connectivity index (χ1v) is 17.4. The highest BCUT2D eigenvalue weighted by molar-refractivity contribution is 5.33. The SMILES string of the molecule is CC=CCCC1CCC(C2CCC(C3CCC(C4CCC(c5ccc(OCCC)c(F)c5F)CC4)CO3)CC2)CC1. The van der Waals surface area contributed by atoms with Crippen LogP contribution >= 0.6 is 0 Å². The van der Waals surface area contributed by atoms with E-state index in [2.05, 4.69) is 19.1 Å². The molecule has 0 N–H and O–H groups in total. The summed E-state index contributed by atoms with van der Waals surface area (Å²) in [7, 11) is 0. The van der Waals surface area contributed by atoms with E-state index in [9.17, 15) is 8.78 Å². The molecule has 230 valence electrons. The Kier molecular flexibility index (Phi) is 11.6. The molecule has 1 saturated heterocycles. The van der Waals surface area contributed by atoms with Crippen LogP contribution in [0, 0.1) is 47.1 Å². The van der Waals surface area contributed by atoms with Gasteiger partial charge in [0.1, 0.15) is 0 Å². The van der Waals surface area contributed by atoms with Crippen LogP contribution in [0.3, 0.4) is 0 Å².